The summed E-state index contributed by atoms with van der Waals surface area (Å²) < 4.78 is 25.2. The monoisotopic (exact) mass is 338 g/mol. The van der Waals surface area contributed by atoms with Crippen molar-refractivity contribution >= 4 is 33.5 Å². The Morgan fingerprint density at radius 1 is 1.43 bits per heavy atom. The molecule has 0 bridgehead atoms. The second-order valence-corrected chi connectivity index (χ2v) is 5.53. The molecule has 0 radical (unpaired) electrons. The van der Waals surface area contributed by atoms with Crippen molar-refractivity contribution in [2.45, 2.75) is 4.90 Å². The molecule has 1 amide bonds. The maximum Gasteiger partial charge on any atom is 0.335 e. The van der Waals surface area contributed by atoms with Crippen molar-refractivity contribution in [2.75, 3.05) is 6.61 Å². The minimum Gasteiger partial charge on any atom is -0.478 e. The molecular weight excluding hydrogens is 332 g/mol. The number of hydrogen-bond acceptors (Lipinski definition) is 7. The summed E-state index contributed by atoms with van der Waals surface area (Å²) in [4.78, 5) is 34.9. The van der Waals surface area contributed by atoms with E-state index in [1.54, 1.807) is 0 Å². The third-order valence-electron chi connectivity index (χ3n) is 2.02. The summed E-state index contributed by atoms with van der Waals surface area (Å²) in [6, 6.07) is 2.84. The third-order valence-corrected chi connectivity index (χ3v) is 3.87. The predicted molar refractivity (Wildman–Crippen MR) is 66.7 cm³/mol. The Morgan fingerprint density at radius 3 is 2.57 bits per heavy atom. The zero-order valence-electron chi connectivity index (χ0n) is 9.98. The lowest BCUT2D eigenvalue weighted by molar-refractivity contribution is -0.754. The van der Waals surface area contributed by atoms with Crippen LogP contribution in [0.3, 0.4) is 0 Å². The molecule has 1 aromatic carbocycles. The highest BCUT2D eigenvalue weighted by molar-refractivity contribution is 7.90. The van der Waals surface area contributed by atoms with E-state index in [0.717, 1.165) is 18.2 Å². The first-order valence-corrected chi connectivity index (χ1v) is 6.85. The number of aromatic carboxylic acids is 1. The lowest BCUT2D eigenvalue weighted by atomic mass is 10.2. The lowest BCUT2D eigenvalue weighted by Gasteiger charge is -2.08. The minimum atomic E-state index is -4.49. The quantitative estimate of drug-likeness (QED) is 0.545. The first-order valence-electron chi connectivity index (χ1n) is 4.99. The average molecular weight is 339 g/mol. The molecule has 2 N–H and O–H groups in total. The molecule has 0 aliphatic carbocycles. The van der Waals surface area contributed by atoms with Gasteiger partial charge in [0.1, 0.15) is 4.90 Å². The normalized spacial score (nSPS) is 10.7. The highest BCUT2D eigenvalue weighted by atomic mass is 35.5. The van der Waals surface area contributed by atoms with Crippen LogP contribution in [0.5, 0.6) is 0 Å². The topological polar surface area (TPSA) is 153 Å². The smallest absolute Gasteiger partial charge is 0.335 e. The van der Waals surface area contributed by atoms with E-state index in [9.17, 15) is 28.1 Å². The number of carbonyl (C=O) groups excluding carboxylic acids is 1. The molecule has 1 aromatic rings. The van der Waals surface area contributed by atoms with E-state index >= 15 is 0 Å². The molecule has 0 aliphatic heterocycles. The van der Waals surface area contributed by atoms with Crippen LogP contribution in [-0.4, -0.2) is 37.1 Å². The molecule has 0 heterocycles. The Labute approximate surface area is 122 Å². The van der Waals surface area contributed by atoms with Gasteiger partial charge in [-0.05, 0) is 18.2 Å². The zero-order chi connectivity index (χ0) is 16.2. The zero-order valence-corrected chi connectivity index (χ0v) is 11.5. The van der Waals surface area contributed by atoms with E-state index in [1.807, 2.05) is 0 Å². The van der Waals surface area contributed by atoms with E-state index in [4.69, 9.17) is 16.7 Å². The van der Waals surface area contributed by atoms with E-state index in [0.29, 0.717) is 0 Å². The summed E-state index contributed by atoms with van der Waals surface area (Å²) in [6.07, 6.45) is 0. The number of nitrogens with one attached hydrogen (secondary N) is 1. The minimum absolute atomic E-state index is 0.324. The van der Waals surface area contributed by atoms with E-state index in [2.05, 4.69) is 4.84 Å². The highest BCUT2D eigenvalue weighted by Gasteiger charge is 2.22. The van der Waals surface area contributed by atoms with Crippen LogP contribution < -0.4 is 4.72 Å². The van der Waals surface area contributed by atoms with Gasteiger partial charge in [-0.3, -0.25) is 4.79 Å². The number of benzene rings is 1. The average Bonchev–Trinajstić information content (AvgIpc) is 2.35. The standard InChI is InChI=1S/C9H7ClN2O8S/c10-6-2-1-5(9(14)15)3-7(6)21(18,19)11-8(13)4-20-12(16)17/h1-3H,4H2,(H,11,13)(H,14,15). The van der Waals surface area contributed by atoms with Crippen LogP contribution in [0, 0.1) is 10.1 Å². The number of sulfonamides is 1. The molecule has 0 saturated heterocycles. The van der Waals surface area contributed by atoms with Gasteiger partial charge in [0, 0.05) is 0 Å². The summed E-state index contributed by atoms with van der Waals surface area (Å²) in [6.45, 7) is -1.14. The highest BCUT2D eigenvalue weighted by Crippen LogP contribution is 2.22. The lowest BCUT2D eigenvalue weighted by Crippen LogP contribution is -2.34. The van der Waals surface area contributed by atoms with Crippen molar-refractivity contribution in [1.82, 2.24) is 4.72 Å². The number of carboxylic acids is 1. The second kappa shape index (κ2) is 6.37. The van der Waals surface area contributed by atoms with E-state index in [-0.39, 0.29) is 10.6 Å². The van der Waals surface area contributed by atoms with Crippen molar-refractivity contribution < 1.29 is 33.0 Å². The first kappa shape index (κ1) is 16.7. The maximum absolute atomic E-state index is 11.8. The summed E-state index contributed by atoms with van der Waals surface area (Å²) in [5, 5.41) is 17.1. The van der Waals surface area contributed by atoms with E-state index in [1.165, 1.54) is 4.72 Å². The van der Waals surface area contributed by atoms with Crippen molar-refractivity contribution in [3.8, 4) is 0 Å². The Hall–Kier alpha value is -2.40. The second-order valence-electron chi connectivity index (χ2n) is 3.48. The Kier molecular flexibility index (Phi) is 5.05. The fourth-order valence-electron chi connectivity index (χ4n) is 1.19. The van der Waals surface area contributed by atoms with Crippen LogP contribution >= 0.6 is 11.6 Å². The van der Waals surface area contributed by atoms with Gasteiger partial charge in [-0.25, -0.2) is 17.9 Å². The van der Waals surface area contributed by atoms with Gasteiger partial charge in [-0.15, -0.1) is 10.1 Å². The van der Waals surface area contributed by atoms with Gasteiger partial charge in [0.2, 0.25) is 0 Å². The summed E-state index contributed by atoms with van der Waals surface area (Å²) in [7, 11) is -4.49. The number of carboxylic acid groups (broad SMARTS) is 1. The molecule has 1 rings (SSSR count). The van der Waals surface area contributed by atoms with Crippen LogP contribution in [0.25, 0.3) is 0 Å². The van der Waals surface area contributed by atoms with Crippen molar-refractivity contribution in [2.24, 2.45) is 0 Å². The predicted octanol–water partition coefficient (Wildman–Crippen LogP) is 0.0514. The van der Waals surface area contributed by atoms with Crippen LogP contribution in [-0.2, 0) is 19.7 Å². The van der Waals surface area contributed by atoms with Gasteiger partial charge in [-0.2, -0.15) is 0 Å². The number of nitrogens with zero attached hydrogens (tertiary/aromatic N) is 1. The van der Waals surface area contributed by atoms with Crippen LogP contribution in [0.2, 0.25) is 5.02 Å². The van der Waals surface area contributed by atoms with Gasteiger partial charge in [0.15, 0.2) is 6.61 Å². The van der Waals surface area contributed by atoms with Crippen molar-refractivity contribution in [3.63, 3.8) is 0 Å². The molecule has 12 heteroatoms. The fourth-order valence-corrected chi connectivity index (χ4v) is 2.69. The van der Waals surface area contributed by atoms with Gasteiger partial charge < -0.3 is 9.94 Å². The largest absolute Gasteiger partial charge is 0.478 e. The Balaban J connectivity index is 3.02. The van der Waals surface area contributed by atoms with Gasteiger partial charge in [0.05, 0.1) is 10.6 Å². The molecular formula is C9H7ClN2O8S. The third kappa shape index (κ3) is 4.57. The summed E-state index contributed by atoms with van der Waals surface area (Å²) in [5.41, 5.74) is -0.367. The number of rotatable bonds is 6. The molecule has 0 aromatic heterocycles. The molecule has 0 saturated carbocycles. The molecule has 0 aliphatic rings. The van der Waals surface area contributed by atoms with Crippen LogP contribution in [0.1, 0.15) is 10.4 Å². The molecule has 0 spiro atoms. The van der Waals surface area contributed by atoms with Gasteiger partial charge in [-0.1, -0.05) is 11.6 Å². The summed E-state index contributed by atoms with van der Waals surface area (Å²) >= 11 is 5.63. The van der Waals surface area contributed by atoms with E-state index < -0.39 is 38.5 Å². The summed E-state index contributed by atoms with van der Waals surface area (Å²) in [5.74, 6) is -2.71. The molecule has 114 valence electrons. The Bertz CT molecular complexity index is 702. The van der Waals surface area contributed by atoms with Gasteiger partial charge >= 0.3 is 5.97 Å². The first-order chi connectivity index (χ1) is 9.63. The number of carbonyl (C=O) groups is 2. The fraction of sp³-hybridized carbons (Fsp3) is 0.111. The molecule has 0 fully saturated rings. The van der Waals surface area contributed by atoms with Crippen LogP contribution in [0.15, 0.2) is 23.1 Å². The SMILES string of the molecule is O=C(CO[N+](=O)[O-])NS(=O)(=O)c1cc(C(=O)O)ccc1Cl. The van der Waals surface area contributed by atoms with Crippen molar-refractivity contribution in [1.29, 1.82) is 0 Å². The molecule has 0 unspecified atom stereocenters. The van der Waals surface area contributed by atoms with Crippen LogP contribution in [0.4, 0.5) is 0 Å². The maximum atomic E-state index is 11.8. The molecule has 21 heavy (non-hydrogen) atoms. The molecule has 10 nitrogen and oxygen atoms in total. The Morgan fingerprint density at radius 2 is 2.05 bits per heavy atom. The molecule has 0 atom stereocenters. The van der Waals surface area contributed by atoms with Gasteiger partial charge in [0.25, 0.3) is 21.0 Å². The van der Waals surface area contributed by atoms with Crippen molar-refractivity contribution in [3.05, 3.63) is 38.9 Å². The number of amides is 1. The number of halogens is 1. The number of hydrogen-bond donors (Lipinski definition) is 2.